The normalized spacial score (nSPS) is 16.8. The van der Waals surface area contributed by atoms with Crippen LogP contribution in [0.4, 0.5) is 0 Å². The van der Waals surface area contributed by atoms with Crippen molar-refractivity contribution in [1.82, 2.24) is 20.2 Å². The van der Waals surface area contributed by atoms with Crippen LogP contribution in [-0.4, -0.2) is 33.4 Å². The molecule has 2 heterocycles. The molecule has 0 radical (unpaired) electrons. The van der Waals surface area contributed by atoms with E-state index in [0.29, 0.717) is 5.92 Å². The third kappa shape index (κ3) is 3.30. The summed E-state index contributed by atoms with van der Waals surface area (Å²) in [5.74, 6) is 1.41. The molecule has 104 valence electrons. The van der Waals surface area contributed by atoms with E-state index in [2.05, 4.69) is 27.7 Å². The molecule has 2 aromatic rings. The molecule has 0 spiro atoms. The fourth-order valence-electron chi connectivity index (χ4n) is 2.37. The van der Waals surface area contributed by atoms with Crippen LogP contribution in [0.5, 0.6) is 0 Å². The third-order valence-corrected chi connectivity index (χ3v) is 3.56. The molecule has 1 aromatic carbocycles. The van der Waals surface area contributed by atoms with Gasteiger partial charge in [0.05, 0.1) is 0 Å². The zero-order valence-electron chi connectivity index (χ0n) is 11.4. The number of rotatable bonds is 4. The van der Waals surface area contributed by atoms with Crippen LogP contribution in [0.1, 0.15) is 24.2 Å². The first-order valence-corrected chi connectivity index (χ1v) is 6.99. The fraction of sp³-hybridized carbons (Fsp3) is 0.400. The Bertz CT molecular complexity index is 558. The molecule has 0 unspecified atom stereocenters. The Morgan fingerprint density at radius 1 is 1.15 bits per heavy atom. The van der Waals surface area contributed by atoms with Crippen molar-refractivity contribution in [3.8, 4) is 0 Å². The first-order valence-electron chi connectivity index (χ1n) is 6.99. The van der Waals surface area contributed by atoms with Crippen molar-refractivity contribution in [3.63, 3.8) is 0 Å². The van der Waals surface area contributed by atoms with Crippen LogP contribution in [-0.2, 0) is 11.3 Å². The highest BCUT2D eigenvalue weighted by atomic mass is 16.5. The summed E-state index contributed by atoms with van der Waals surface area (Å²) in [7, 11) is 0. The molecule has 20 heavy (non-hydrogen) atoms. The molecule has 1 aliphatic heterocycles. The van der Waals surface area contributed by atoms with Crippen molar-refractivity contribution in [2.45, 2.75) is 19.4 Å². The number of nitrogens with zero attached hydrogens (tertiary/aromatic N) is 4. The number of ether oxygens (including phenoxy) is 1. The quantitative estimate of drug-likeness (QED) is 0.855. The number of hydrogen-bond donors (Lipinski definition) is 0. The summed E-state index contributed by atoms with van der Waals surface area (Å²) < 4.78 is 7.26. The number of benzene rings is 1. The van der Waals surface area contributed by atoms with E-state index in [0.717, 1.165) is 44.0 Å². The Morgan fingerprint density at radius 2 is 1.95 bits per heavy atom. The zero-order chi connectivity index (χ0) is 13.6. The van der Waals surface area contributed by atoms with Crippen molar-refractivity contribution in [2.75, 3.05) is 13.2 Å². The molecule has 0 saturated carbocycles. The van der Waals surface area contributed by atoms with Gasteiger partial charge in [-0.15, -0.1) is 5.10 Å². The highest BCUT2D eigenvalue weighted by Crippen LogP contribution is 2.17. The smallest absolute Gasteiger partial charge is 0.174 e. The van der Waals surface area contributed by atoms with Gasteiger partial charge in [0.2, 0.25) is 0 Å². The Morgan fingerprint density at radius 3 is 2.75 bits per heavy atom. The molecule has 0 bridgehead atoms. The lowest BCUT2D eigenvalue weighted by Gasteiger charge is -2.21. The number of tetrazole rings is 1. The molecule has 0 aliphatic carbocycles. The molecule has 1 aromatic heterocycles. The lowest BCUT2D eigenvalue weighted by atomic mass is 10.0. The first kappa shape index (κ1) is 13.0. The Kier molecular flexibility index (Phi) is 4.18. The second-order valence-electron chi connectivity index (χ2n) is 5.02. The summed E-state index contributed by atoms with van der Waals surface area (Å²) in [5.41, 5.74) is 1.15. The van der Waals surface area contributed by atoms with E-state index < -0.39 is 0 Å². The molecule has 0 atom stereocenters. The van der Waals surface area contributed by atoms with Gasteiger partial charge in [0.25, 0.3) is 0 Å². The van der Waals surface area contributed by atoms with Gasteiger partial charge in [-0.05, 0) is 40.8 Å². The predicted octanol–water partition coefficient (Wildman–Crippen LogP) is 2.27. The van der Waals surface area contributed by atoms with Gasteiger partial charge in [-0.3, -0.25) is 0 Å². The van der Waals surface area contributed by atoms with E-state index in [1.54, 1.807) is 0 Å². The minimum Gasteiger partial charge on any atom is -0.381 e. The lowest BCUT2D eigenvalue weighted by Crippen LogP contribution is -2.21. The van der Waals surface area contributed by atoms with Crippen molar-refractivity contribution in [1.29, 1.82) is 0 Å². The van der Waals surface area contributed by atoms with Gasteiger partial charge in [0.1, 0.15) is 0 Å². The van der Waals surface area contributed by atoms with Gasteiger partial charge < -0.3 is 4.74 Å². The van der Waals surface area contributed by atoms with Crippen LogP contribution in [0.3, 0.4) is 0 Å². The molecule has 0 N–H and O–H groups in total. The first-order chi connectivity index (χ1) is 9.92. The summed E-state index contributed by atoms with van der Waals surface area (Å²) in [6.07, 6.45) is 6.17. The topological polar surface area (TPSA) is 52.8 Å². The van der Waals surface area contributed by atoms with Gasteiger partial charge in [0.15, 0.2) is 5.82 Å². The monoisotopic (exact) mass is 270 g/mol. The summed E-state index contributed by atoms with van der Waals surface area (Å²) in [5, 5.41) is 11.9. The van der Waals surface area contributed by atoms with Gasteiger partial charge in [-0.2, -0.15) is 0 Å². The van der Waals surface area contributed by atoms with Crippen molar-refractivity contribution < 1.29 is 4.74 Å². The highest BCUT2D eigenvalue weighted by Gasteiger charge is 2.16. The van der Waals surface area contributed by atoms with E-state index in [4.69, 9.17) is 4.74 Å². The van der Waals surface area contributed by atoms with E-state index in [1.165, 1.54) is 0 Å². The maximum atomic E-state index is 5.38. The predicted molar refractivity (Wildman–Crippen MR) is 76.7 cm³/mol. The SMILES string of the molecule is C(=Cc1nnnn1CC1CCOCC1)c1ccccc1. The van der Waals surface area contributed by atoms with Crippen molar-refractivity contribution >= 4 is 12.2 Å². The Labute approximate surface area is 118 Å². The van der Waals surface area contributed by atoms with Crippen LogP contribution < -0.4 is 0 Å². The lowest BCUT2D eigenvalue weighted by molar-refractivity contribution is 0.0599. The van der Waals surface area contributed by atoms with Crippen molar-refractivity contribution in [3.05, 3.63) is 41.7 Å². The maximum absolute atomic E-state index is 5.38. The largest absolute Gasteiger partial charge is 0.381 e. The summed E-state index contributed by atoms with van der Waals surface area (Å²) >= 11 is 0. The molecule has 5 heteroatoms. The third-order valence-electron chi connectivity index (χ3n) is 3.56. The summed E-state index contributed by atoms with van der Waals surface area (Å²) in [6.45, 7) is 2.56. The van der Waals surface area contributed by atoms with E-state index in [9.17, 15) is 0 Å². The molecular formula is C15H18N4O. The van der Waals surface area contributed by atoms with Crippen LogP contribution >= 0.6 is 0 Å². The van der Waals surface area contributed by atoms with Crippen LogP contribution in [0.2, 0.25) is 0 Å². The number of hydrogen-bond acceptors (Lipinski definition) is 4. The van der Waals surface area contributed by atoms with E-state index in [-0.39, 0.29) is 0 Å². The molecule has 0 amide bonds. The van der Waals surface area contributed by atoms with Crippen LogP contribution in [0.25, 0.3) is 12.2 Å². The van der Waals surface area contributed by atoms with E-state index >= 15 is 0 Å². The van der Waals surface area contributed by atoms with Gasteiger partial charge in [-0.25, -0.2) is 4.68 Å². The minimum atomic E-state index is 0.608. The molecular weight excluding hydrogens is 252 g/mol. The minimum absolute atomic E-state index is 0.608. The standard InChI is InChI=1S/C15H18N4O/c1-2-4-13(5-3-1)6-7-15-16-17-18-19(15)12-14-8-10-20-11-9-14/h1-7,14H,8-12H2. The average Bonchev–Trinajstić information content (AvgIpc) is 2.94. The average molecular weight is 270 g/mol. The van der Waals surface area contributed by atoms with Gasteiger partial charge >= 0.3 is 0 Å². The van der Waals surface area contributed by atoms with Crippen LogP contribution in [0, 0.1) is 5.92 Å². The molecule has 1 saturated heterocycles. The molecule has 5 nitrogen and oxygen atoms in total. The molecule has 1 fully saturated rings. The Balaban J connectivity index is 1.68. The zero-order valence-corrected chi connectivity index (χ0v) is 11.4. The molecule has 1 aliphatic rings. The fourth-order valence-corrected chi connectivity index (χ4v) is 2.37. The second kappa shape index (κ2) is 6.43. The van der Waals surface area contributed by atoms with Crippen molar-refractivity contribution in [2.24, 2.45) is 5.92 Å². The van der Waals surface area contributed by atoms with Gasteiger partial charge in [0, 0.05) is 19.8 Å². The second-order valence-corrected chi connectivity index (χ2v) is 5.02. The summed E-state index contributed by atoms with van der Waals surface area (Å²) in [4.78, 5) is 0. The van der Waals surface area contributed by atoms with E-state index in [1.807, 2.05) is 35.0 Å². The maximum Gasteiger partial charge on any atom is 0.174 e. The summed E-state index contributed by atoms with van der Waals surface area (Å²) in [6, 6.07) is 10.2. The van der Waals surface area contributed by atoms with Gasteiger partial charge in [-0.1, -0.05) is 36.4 Å². The Hall–Kier alpha value is -2.01. The highest BCUT2D eigenvalue weighted by molar-refractivity contribution is 5.66. The number of aromatic nitrogens is 4. The van der Waals surface area contributed by atoms with Crippen LogP contribution in [0.15, 0.2) is 30.3 Å². The molecule has 3 rings (SSSR count).